The van der Waals surface area contributed by atoms with Gasteiger partial charge in [0.05, 0.1) is 0 Å². The molecule has 0 bridgehead atoms. The second-order valence-corrected chi connectivity index (χ2v) is 4.51. The van der Waals surface area contributed by atoms with E-state index in [0.29, 0.717) is 11.6 Å². The van der Waals surface area contributed by atoms with E-state index in [0.717, 1.165) is 39.0 Å². The van der Waals surface area contributed by atoms with Crippen LogP contribution in [0, 0.1) is 5.92 Å². The van der Waals surface area contributed by atoms with Crippen LogP contribution in [-0.2, 0) is 0 Å². The molecule has 0 atom stereocenters. The van der Waals surface area contributed by atoms with E-state index in [1.54, 1.807) is 12.3 Å². The van der Waals surface area contributed by atoms with Crippen molar-refractivity contribution >= 4 is 18.3 Å². The summed E-state index contributed by atoms with van der Waals surface area (Å²) in [5.74, 6) is 0.783. The molecule has 1 aliphatic heterocycles. The second-order valence-electron chi connectivity index (χ2n) is 4.51. The number of aromatic nitrogens is 2. The number of carbonyl (C=O) groups excluding carboxylic acids is 1. The molecule has 2 rings (SSSR count). The van der Waals surface area contributed by atoms with Crippen molar-refractivity contribution in [2.24, 2.45) is 5.92 Å². The van der Waals surface area contributed by atoms with E-state index < -0.39 is 0 Å². The summed E-state index contributed by atoms with van der Waals surface area (Å²) in [5.41, 5.74) is 0.593. The predicted octanol–water partition coefficient (Wildman–Crippen LogP) is 1.29. The molecular formula is C12H21ClN4O. The number of hydrogen-bond acceptors (Lipinski definition) is 3. The van der Waals surface area contributed by atoms with Gasteiger partial charge < -0.3 is 10.2 Å². The van der Waals surface area contributed by atoms with Gasteiger partial charge in [-0.15, -0.1) is 12.4 Å². The van der Waals surface area contributed by atoms with E-state index in [1.807, 2.05) is 4.90 Å². The van der Waals surface area contributed by atoms with Gasteiger partial charge in [0.15, 0.2) is 0 Å². The number of H-pyrrole nitrogens is 1. The molecule has 2 heterocycles. The molecule has 0 unspecified atom stereocenters. The lowest BCUT2D eigenvalue weighted by atomic mass is 9.96. The number of likely N-dealkylation sites (tertiary alicyclic amines) is 1. The Kier molecular flexibility index (Phi) is 6.15. The summed E-state index contributed by atoms with van der Waals surface area (Å²) < 4.78 is 0. The number of hydrogen-bond donors (Lipinski definition) is 2. The van der Waals surface area contributed by atoms with Crippen LogP contribution in [0.15, 0.2) is 12.3 Å². The van der Waals surface area contributed by atoms with Crippen LogP contribution >= 0.6 is 12.4 Å². The number of halogens is 1. The third kappa shape index (κ3) is 3.71. The largest absolute Gasteiger partial charge is 0.337 e. The topological polar surface area (TPSA) is 61.0 Å². The Labute approximate surface area is 114 Å². The smallest absolute Gasteiger partial charge is 0.271 e. The number of piperidine rings is 1. The van der Waals surface area contributed by atoms with Crippen LogP contribution in [0.3, 0.4) is 0 Å². The fourth-order valence-corrected chi connectivity index (χ4v) is 2.23. The Hall–Kier alpha value is -1.07. The SMILES string of the molecule is CCNCC1CCN(C(=O)c2ccn[nH]2)CC1.Cl. The van der Waals surface area contributed by atoms with Crippen molar-refractivity contribution in [3.63, 3.8) is 0 Å². The Morgan fingerprint density at radius 3 is 2.83 bits per heavy atom. The Morgan fingerprint density at radius 1 is 1.56 bits per heavy atom. The zero-order chi connectivity index (χ0) is 12.1. The van der Waals surface area contributed by atoms with Crippen LogP contribution in [0.25, 0.3) is 0 Å². The number of nitrogens with zero attached hydrogens (tertiary/aromatic N) is 2. The Bertz CT molecular complexity index is 347. The molecule has 5 nitrogen and oxygen atoms in total. The van der Waals surface area contributed by atoms with E-state index in [9.17, 15) is 4.79 Å². The van der Waals surface area contributed by atoms with E-state index in [2.05, 4.69) is 22.4 Å². The highest BCUT2D eigenvalue weighted by molar-refractivity contribution is 5.92. The molecule has 1 aliphatic rings. The fourth-order valence-electron chi connectivity index (χ4n) is 2.23. The highest BCUT2D eigenvalue weighted by Gasteiger charge is 2.23. The number of amides is 1. The average molecular weight is 273 g/mol. The molecule has 1 aromatic rings. The van der Waals surface area contributed by atoms with Crippen molar-refractivity contribution < 1.29 is 4.79 Å². The molecule has 0 spiro atoms. The molecule has 102 valence electrons. The molecule has 1 saturated heterocycles. The minimum absolute atomic E-state index is 0. The molecule has 18 heavy (non-hydrogen) atoms. The van der Waals surface area contributed by atoms with E-state index in [-0.39, 0.29) is 18.3 Å². The normalized spacial score (nSPS) is 16.4. The molecule has 1 fully saturated rings. The Balaban J connectivity index is 0.00000162. The third-order valence-corrected chi connectivity index (χ3v) is 3.32. The van der Waals surface area contributed by atoms with Gasteiger partial charge in [-0.25, -0.2) is 0 Å². The second kappa shape index (κ2) is 7.38. The first kappa shape index (κ1) is 15.0. The summed E-state index contributed by atoms with van der Waals surface area (Å²) in [6, 6.07) is 1.73. The van der Waals surface area contributed by atoms with Crippen molar-refractivity contribution in [3.8, 4) is 0 Å². The van der Waals surface area contributed by atoms with Crippen molar-refractivity contribution in [3.05, 3.63) is 18.0 Å². The minimum Gasteiger partial charge on any atom is -0.337 e. The van der Waals surface area contributed by atoms with Gasteiger partial charge in [0.1, 0.15) is 5.69 Å². The van der Waals surface area contributed by atoms with Crippen LogP contribution in [-0.4, -0.2) is 47.2 Å². The first-order chi connectivity index (χ1) is 8.31. The molecule has 2 N–H and O–H groups in total. The summed E-state index contributed by atoms with van der Waals surface area (Å²) in [4.78, 5) is 13.9. The van der Waals surface area contributed by atoms with Gasteiger partial charge in [0.25, 0.3) is 5.91 Å². The quantitative estimate of drug-likeness (QED) is 0.868. The summed E-state index contributed by atoms with van der Waals surface area (Å²) in [6.45, 7) is 5.93. The minimum atomic E-state index is 0. The highest BCUT2D eigenvalue weighted by atomic mass is 35.5. The number of rotatable bonds is 4. The van der Waals surface area contributed by atoms with E-state index in [4.69, 9.17) is 0 Å². The molecule has 6 heteroatoms. The van der Waals surface area contributed by atoms with Crippen molar-refractivity contribution in [1.29, 1.82) is 0 Å². The zero-order valence-corrected chi connectivity index (χ0v) is 11.5. The van der Waals surface area contributed by atoms with Crippen LogP contribution < -0.4 is 5.32 Å². The lowest BCUT2D eigenvalue weighted by Crippen LogP contribution is -2.40. The van der Waals surface area contributed by atoms with Gasteiger partial charge >= 0.3 is 0 Å². The maximum atomic E-state index is 12.0. The van der Waals surface area contributed by atoms with E-state index >= 15 is 0 Å². The lowest BCUT2D eigenvalue weighted by Gasteiger charge is -2.31. The summed E-state index contributed by atoms with van der Waals surface area (Å²) in [7, 11) is 0. The highest BCUT2D eigenvalue weighted by Crippen LogP contribution is 2.17. The first-order valence-corrected chi connectivity index (χ1v) is 6.30. The van der Waals surface area contributed by atoms with Gasteiger partial charge in [0, 0.05) is 19.3 Å². The zero-order valence-electron chi connectivity index (χ0n) is 10.7. The van der Waals surface area contributed by atoms with Gasteiger partial charge in [-0.3, -0.25) is 9.89 Å². The fraction of sp³-hybridized carbons (Fsp3) is 0.667. The van der Waals surface area contributed by atoms with Crippen molar-refractivity contribution in [2.75, 3.05) is 26.2 Å². The Morgan fingerprint density at radius 2 is 2.28 bits per heavy atom. The molecular weight excluding hydrogens is 252 g/mol. The van der Waals surface area contributed by atoms with Crippen molar-refractivity contribution in [2.45, 2.75) is 19.8 Å². The summed E-state index contributed by atoms with van der Waals surface area (Å²) in [6.07, 6.45) is 3.80. The van der Waals surface area contributed by atoms with Gasteiger partial charge in [-0.2, -0.15) is 5.10 Å². The maximum absolute atomic E-state index is 12.0. The molecule has 0 aliphatic carbocycles. The standard InChI is InChI=1S/C12H20N4O.ClH/c1-2-13-9-10-4-7-16(8-5-10)12(17)11-3-6-14-15-11;/h3,6,10,13H,2,4-5,7-9H2,1H3,(H,14,15);1H. The van der Waals surface area contributed by atoms with Gasteiger partial charge in [-0.1, -0.05) is 6.92 Å². The monoisotopic (exact) mass is 272 g/mol. The maximum Gasteiger partial charge on any atom is 0.271 e. The average Bonchev–Trinajstić information content (AvgIpc) is 2.90. The molecule has 0 radical (unpaired) electrons. The number of nitrogens with one attached hydrogen (secondary N) is 2. The first-order valence-electron chi connectivity index (χ1n) is 6.30. The molecule has 1 aromatic heterocycles. The summed E-state index contributed by atoms with van der Waals surface area (Å²) >= 11 is 0. The van der Waals surface area contributed by atoms with Crippen LogP contribution in [0.4, 0.5) is 0 Å². The number of carbonyl (C=O) groups is 1. The van der Waals surface area contributed by atoms with Crippen LogP contribution in [0.1, 0.15) is 30.3 Å². The molecule has 0 aromatic carbocycles. The van der Waals surface area contributed by atoms with Crippen molar-refractivity contribution in [1.82, 2.24) is 20.4 Å². The van der Waals surface area contributed by atoms with Crippen LogP contribution in [0.5, 0.6) is 0 Å². The predicted molar refractivity (Wildman–Crippen MR) is 73.0 cm³/mol. The number of aromatic amines is 1. The molecule has 0 saturated carbocycles. The van der Waals surface area contributed by atoms with E-state index in [1.165, 1.54) is 0 Å². The third-order valence-electron chi connectivity index (χ3n) is 3.32. The summed E-state index contributed by atoms with van der Waals surface area (Å²) in [5, 5.41) is 9.91. The molecule has 1 amide bonds. The van der Waals surface area contributed by atoms with Crippen LogP contribution in [0.2, 0.25) is 0 Å². The lowest BCUT2D eigenvalue weighted by molar-refractivity contribution is 0.0684. The van der Waals surface area contributed by atoms with Gasteiger partial charge in [0.2, 0.25) is 0 Å². The van der Waals surface area contributed by atoms with Gasteiger partial charge in [-0.05, 0) is 37.9 Å².